The number of carbonyl (C=O) groups is 1. The zero-order chi connectivity index (χ0) is 15.9. The van der Waals surface area contributed by atoms with E-state index in [1.54, 1.807) is 4.90 Å². The van der Waals surface area contributed by atoms with Gasteiger partial charge in [0.2, 0.25) is 12.0 Å². The molecule has 0 saturated carbocycles. The SMILES string of the molecule is O=C=NCCC(=O)N1CCOCCOCCOCCOCC1. The van der Waals surface area contributed by atoms with Gasteiger partial charge in [-0.05, 0) is 0 Å². The first-order valence-electron chi connectivity index (χ1n) is 7.47. The van der Waals surface area contributed by atoms with Crippen LogP contribution in [0.3, 0.4) is 0 Å². The van der Waals surface area contributed by atoms with Crippen molar-refractivity contribution in [1.82, 2.24) is 4.90 Å². The van der Waals surface area contributed by atoms with Gasteiger partial charge in [0, 0.05) is 19.5 Å². The third kappa shape index (κ3) is 9.59. The highest BCUT2D eigenvalue weighted by Gasteiger charge is 2.13. The maximum absolute atomic E-state index is 12.0. The minimum atomic E-state index is -0.0805. The molecule has 0 aromatic carbocycles. The molecule has 0 aromatic heterocycles. The van der Waals surface area contributed by atoms with Crippen molar-refractivity contribution in [3.05, 3.63) is 0 Å². The summed E-state index contributed by atoms with van der Waals surface area (Å²) in [6, 6.07) is 0. The van der Waals surface area contributed by atoms with Gasteiger partial charge in [0.05, 0.1) is 59.4 Å². The molecular formula is C14H24N2O6. The van der Waals surface area contributed by atoms with Crippen LogP contribution in [0.2, 0.25) is 0 Å². The Morgan fingerprint density at radius 3 is 1.77 bits per heavy atom. The summed E-state index contributed by atoms with van der Waals surface area (Å²) in [5, 5.41) is 0. The number of ether oxygens (including phenoxy) is 4. The predicted octanol–water partition coefficient (Wildman–Crippen LogP) is -0.379. The molecule has 8 nitrogen and oxygen atoms in total. The lowest BCUT2D eigenvalue weighted by Crippen LogP contribution is -2.37. The van der Waals surface area contributed by atoms with Gasteiger partial charge in [0.25, 0.3) is 0 Å². The summed E-state index contributed by atoms with van der Waals surface area (Å²) in [7, 11) is 0. The zero-order valence-corrected chi connectivity index (χ0v) is 12.8. The van der Waals surface area contributed by atoms with E-state index in [0.717, 1.165) is 0 Å². The minimum Gasteiger partial charge on any atom is -0.377 e. The van der Waals surface area contributed by atoms with Gasteiger partial charge in [-0.25, -0.2) is 9.79 Å². The third-order valence-corrected chi connectivity index (χ3v) is 2.98. The fraction of sp³-hybridized carbons (Fsp3) is 0.857. The molecule has 1 amide bonds. The predicted molar refractivity (Wildman–Crippen MR) is 77.5 cm³/mol. The van der Waals surface area contributed by atoms with E-state index in [0.29, 0.717) is 65.9 Å². The monoisotopic (exact) mass is 316 g/mol. The van der Waals surface area contributed by atoms with Crippen LogP contribution in [0.25, 0.3) is 0 Å². The molecule has 1 saturated heterocycles. The number of aliphatic imine (C=N–C) groups is 1. The van der Waals surface area contributed by atoms with Crippen LogP contribution >= 0.6 is 0 Å². The maximum atomic E-state index is 12.0. The number of isocyanates is 1. The maximum Gasteiger partial charge on any atom is 0.234 e. The van der Waals surface area contributed by atoms with Crippen molar-refractivity contribution in [2.45, 2.75) is 6.42 Å². The first-order chi connectivity index (χ1) is 10.8. The van der Waals surface area contributed by atoms with Gasteiger partial charge in [-0.2, -0.15) is 0 Å². The van der Waals surface area contributed by atoms with E-state index in [4.69, 9.17) is 18.9 Å². The lowest BCUT2D eigenvalue weighted by molar-refractivity contribution is -0.132. The molecule has 1 fully saturated rings. The van der Waals surface area contributed by atoms with Gasteiger partial charge >= 0.3 is 0 Å². The summed E-state index contributed by atoms with van der Waals surface area (Å²) < 4.78 is 21.5. The van der Waals surface area contributed by atoms with Crippen LogP contribution in [0.4, 0.5) is 0 Å². The van der Waals surface area contributed by atoms with E-state index in [2.05, 4.69) is 4.99 Å². The van der Waals surface area contributed by atoms with E-state index >= 15 is 0 Å². The third-order valence-electron chi connectivity index (χ3n) is 2.98. The Morgan fingerprint density at radius 1 is 0.864 bits per heavy atom. The van der Waals surface area contributed by atoms with Crippen LogP contribution < -0.4 is 0 Å². The summed E-state index contributed by atoms with van der Waals surface area (Å²) in [5.74, 6) is -0.0805. The normalized spacial score (nSPS) is 19.5. The van der Waals surface area contributed by atoms with E-state index in [1.165, 1.54) is 6.08 Å². The van der Waals surface area contributed by atoms with Crippen molar-refractivity contribution in [2.75, 3.05) is 72.5 Å². The van der Waals surface area contributed by atoms with Crippen molar-refractivity contribution in [1.29, 1.82) is 0 Å². The average Bonchev–Trinajstić information content (AvgIpc) is 2.53. The highest BCUT2D eigenvalue weighted by Crippen LogP contribution is 1.97. The van der Waals surface area contributed by atoms with Gasteiger partial charge in [-0.3, -0.25) is 4.79 Å². The molecule has 0 spiro atoms. The van der Waals surface area contributed by atoms with Crippen molar-refractivity contribution in [2.24, 2.45) is 4.99 Å². The molecule has 126 valence electrons. The zero-order valence-electron chi connectivity index (χ0n) is 12.8. The van der Waals surface area contributed by atoms with Gasteiger partial charge in [-0.15, -0.1) is 0 Å². The van der Waals surface area contributed by atoms with Gasteiger partial charge in [0.15, 0.2) is 0 Å². The first kappa shape index (κ1) is 18.7. The molecule has 1 aliphatic heterocycles. The number of hydrogen-bond donors (Lipinski definition) is 0. The second kappa shape index (κ2) is 13.4. The lowest BCUT2D eigenvalue weighted by atomic mass is 10.3. The lowest BCUT2D eigenvalue weighted by Gasteiger charge is -2.22. The Bertz CT molecular complexity index is 330. The summed E-state index contributed by atoms with van der Waals surface area (Å²) in [5.41, 5.74) is 0. The molecule has 0 bridgehead atoms. The van der Waals surface area contributed by atoms with Crippen LogP contribution in [0.5, 0.6) is 0 Å². The molecule has 22 heavy (non-hydrogen) atoms. The molecule has 0 aromatic rings. The van der Waals surface area contributed by atoms with Crippen LogP contribution in [0.15, 0.2) is 4.99 Å². The number of amides is 1. The fourth-order valence-corrected chi connectivity index (χ4v) is 1.83. The Morgan fingerprint density at radius 2 is 1.32 bits per heavy atom. The van der Waals surface area contributed by atoms with E-state index in [1.807, 2.05) is 0 Å². The molecule has 0 N–H and O–H groups in total. The smallest absolute Gasteiger partial charge is 0.234 e. The van der Waals surface area contributed by atoms with Crippen molar-refractivity contribution < 1.29 is 28.5 Å². The minimum absolute atomic E-state index is 0.0805. The van der Waals surface area contributed by atoms with E-state index in [-0.39, 0.29) is 18.9 Å². The summed E-state index contributed by atoms with van der Waals surface area (Å²) in [6.45, 7) is 5.00. The van der Waals surface area contributed by atoms with E-state index in [9.17, 15) is 9.59 Å². The van der Waals surface area contributed by atoms with Crippen molar-refractivity contribution >= 4 is 12.0 Å². The van der Waals surface area contributed by atoms with Crippen LogP contribution in [-0.4, -0.2) is 89.4 Å². The fourth-order valence-electron chi connectivity index (χ4n) is 1.83. The largest absolute Gasteiger partial charge is 0.377 e. The highest BCUT2D eigenvalue weighted by atomic mass is 16.6. The molecule has 1 rings (SSSR count). The second-order valence-corrected chi connectivity index (χ2v) is 4.55. The molecule has 0 unspecified atom stereocenters. The standard InChI is InChI=1S/C14H24N2O6/c17-13-15-2-1-14(18)16-3-5-19-7-9-21-11-12-22-10-8-20-6-4-16/h1-12H2. The van der Waals surface area contributed by atoms with Crippen LogP contribution in [-0.2, 0) is 28.5 Å². The topological polar surface area (TPSA) is 86.7 Å². The Hall–Kier alpha value is -1.31. The van der Waals surface area contributed by atoms with Gasteiger partial charge in [0.1, 0.15) is 0 Å². The van der Waals surface area contributed by atoms with Crippen LogP contribution in [0, 0.1) is 0 Å². The number of nitrogens with zero attached hydrogens (tertiary/aromatic N) is 2. The van der Waals surface area contributed by atoms with Crippen molar-refractivity contribution in [3.8, 4) is 0 Å². The van der Waals surface area contributed by atoms with Crippen molar-refractivity contribution in [3.63, 3.8) is 0 Å². The molecule has 8 heteroatoms. The first-order valence-corrected chi connectivity index (χ1v) is 7.47. The highest BCUT2D eigenvalue weighted by molar-refractivity contribution is 5.76. The molecule has 1 heterocycles. The summed E-state index contributed by atoms with van der Waals surface area (Å²) in [6.07, 6.45) is 1.61. The summed E-state index contributed by atoms with van der Waals surface area (Å²) in [4.78, 5) is 27.1. The van der Waals surface area contributed by atoms with Gasteiger partial charge < -0.3 is 23.8 Å². The van der Waals surface area contributed by atoms with Crippen LogP contribution in [0.1, 0.15) is 6.42 Å². The number of rotatable bonds is 3. The molecule has 0 aliphatic carbocycles. The average molecular weight is 316 g/mol. The Kier molecular flexibility index (Phi) is 11.4. The molecule has 0 atom stereocenters. The number of hydrogen-bond acceptors (Lipinski definition) is 7. The molecule has 0 radical (unpaired) electrons. The Balaban J connectivity index is 2.38. The van der Waals surface area contributed by atoms with Gasteiger partial charge in [-0.1, -0.05) is 0 Å². The Labute approximate surface area is 130 Å². The molecular weight excluding hydrogens is 292 g/mol. The summed E-state index contributed by atoms with van der Waals surface area (Å²) >= 11 is 0. The number of carbonyl (C=O) groups excluding carboxylic acids is 2. The quantitative estimate of drug-likeness (QED) is 0.521. The molecule has 1 aliphatic rings. The van der Waals surface area contributed by atoms with E-state index < -0.39 is 0 Å². The second-order valence-electron chi connectivity index (χ2n) is 4.55.